The third-order valence-electron chi connectivity index (χ3n) is 5.43. The van der Waals surface area contributed by atoms with E-state index in [1.807, 2.05) is 42.2 Å². The van der Waals surface area contributed by atoms with E-state index >= 15 is 0 Å². The molecule has 2 aliphatic rings. The number of piperidine rings is 1. The number of H-pyrrole nitrogens is 1. The highest BCUT2D eigenvalue weighted by molar-refractivity contribution is 6.53. The quantitative estimate of drug-likeness (QED) is 0.826. The predicted octanol–water partition coefficient (Wildman–Crippen LogP) is 3.76. The second-order valence-electron chi connectivity index (χ2n) is 7.19. The number of hydrogen-bond donors (Lipinski definition) is 1. The molecule has 4 rings (SSSR count). The van der Waals surface area contributed by atoms with E-state index in [0.717, 1.165) is 24.2 Å². The molecule has 1 amide bonds. The van der Waals surface area contributed by atoms with Crippen LogP contribution in [-0.4, -0.2) is 43.4 Å². The molecule has 132 valence electrons. The van der Waals surface area contributed by atoms with Crippen molar-refractivity contribution >= 4 is 29.1 Å². The summed E-state index contributed by atoms with van der Waals surface area (Å²) in [4.78, 5) is 19.2. The van der Waals surface area contributed by atoms with Gasteiger partial charge in [0, 0.05) is 24.6 Å². The van der Waals surface area contributed by atoms with Crippen molar-refractivity contribution in [3.05, 3.63) is 36.2 Å². The Morgan fingerprint density at radius 1 is 1.24 bits per heavy atom. The van der Waals surface area contributed by atoms with Gasteiger partial charge in [0.2, 0.25) is 5.91 Å². The first-order chi connectivity index (χ1) is 11.9. The van der Waals surface area contributed by atoms with Crippen LogP contribution in [0.15, 0.2) is 30.3 Å². The number of halogens is 2. The summed E-state index contributed by atoms with van der Waals surface area (Å²) in [5, 5.41) is 7.40. The molecule has 2 fully saturated rings. The molecule has 1 aromatic heterocycles. The summed E-state index contributed by atoms with van der Waals surface area (Å²) in [6.07, 6.45) is 2.26. The summed E-state index contributed by atoms with van der Waals surface area (Å²) in [5.41, 5.74) is 0.371. The number of likely N-dealkylation sites (tertiary alicyclic amines) is 1. The lowest BCUT2D eigenvalue weighted by atomic mass is 9.94. The van der Waals surface area contributed by atoms with E-state index in [9.17, 15) is 4.79 Å². The zero-order chi connectivity index (χ0) is 17.7. The monoisotopic (exact) mass is 378 g/mol. The summed E-state index contributed by atoms with van der Waals surface area (Å²) in [6.45, 7) is 3.25. The Morgan fingerprint density at radius 3 is 2.48 bits per heavy atom. The van der Waals surface area contributed by atoms with E-state index in [2.05, 4.69) is 15.2 Å². The summed E-state index contributed by atoms with van der Waals surface area (Å²) < 4.78 is -0.906. The SMILES string of the molecule is CC1(C(=O)N2CCC(c3nc(-c4ccccc4)n[nH]3)CC2)CC1(Cl)Cl. The van der Waals surface area contributed by atoms with Crippen LogP contribution in [0.1, 0.15) is 37.9 Å². The summed E-state index contributed by atoms with van der Waals surface area (Å²) in [7, 11) is 0. The Balaban J connectivity index is 1.40. The van der Waals surface area contributed by atoms with Gasteiger partial charge in [-0.25, -0.2) is 4.98 Å². The van der Waals surface area contributed by atoms with Crippen molar-refractivity contribution in [2.24, 2.45) is 5.41 Å². The molecule has 1 unspecified atom stereocenters. The van der Waals surface area contributed by atoms with Gasteiger partial charge in [0.1, 0.15) is 10.2 Å². The second-order valence-corrected chi connectivity index (χ2v) is 8.67. The maximum atomic E-state index is 12.7. The van der Waals surface area contributed by atoms with Crippen LogP contribution in [0.25, 0.3) is 11.4 Å². The third-order valence-corrected chi connectivity index (χ3v) is 6.53. The molecule has 2 heterocycles. The number of alkyl halides is 2. The molecule has 0 radical (unpaired) electrons. The number of amides is 1. The Bertz CT molecular complexity index is 783. The van der Waals surface area contributed by atoms with Gasteiger partial charge in [-0.1, -0.05) is 30.3 Å². The normalized spacial score (nSPS) is 25.8. The maximum absolute atomic E-state index is 12.7. The van der Waals surface area contributed by atoms with E-state index in [1.54, 1.807) is 0 Å². The van der Waals surface area contributed by atoms with Gasteiger partial charge in [-0.3, -0.25) is 9.89 Å². The zero-order valence-electron chi connectivity index (χ0n) is 14.0. The highest BCUT2D eigenvalue weighted by atomic mass is 35.5. The Kier molecular flexibility index (Phi) is 4.04. The molecule has 1 saturated heterocycles. The van der Waals surface area contributed by atoms with Crippen LogP contribution in [0, 0.1) is 5.41 Å². The number of benzene rings is 1. The minimum absolute atomic E-state index is 0.0681. The standard InChI is InChI=1S/C18H20Cl2N4O/c1-17(11-18(17,19)20)16(25)24-9-7-13(8-10-24)15-21-14(22-23-15)12-5-3-2-4-6-12/h2-6,13H,7-11H2,1H3,(H,21,22,23). The van der Waals surface area contributed by atoms with E-state index < -0.39 is 9.75 Å². The van der Waals surface area contributed by atoms with E-state index in [-0.39, 0.29) is 11.8 Å². The smallest absolute Gasteiger partial charge is 0.231 e. The molecule has 0 bridgehead atoms. The molecule has 2 aromatic rings. The highest BCUT2D eigenvalue weighted by Gasteiger charge is 2.68. The minimum atomic E-state index is -0.906. The largest absolute Gasteiger partial charge is 0.342 e. The number of carbonyl (C=O) groups excluding carboxylic acids is 1. The summed E-state index contributed by atoms with van der Waals surface area (Å²) in [6, 6.07) is 9.91. The minimum Gasteiger partial charge on any atom is -0.342 e. The summed E-state index contributed by atoms with van der Waals surface area (Å²) in [5.74, 6) is 1.97. The van der Waals surface area contributed by atoms with Crippen LogP contribution in [0.3, 0.4) is 0 Å². The molecular formula is C18H20Cl2N4O. The van der Waals surface area contributed by atoms with Crippen molar-refractivity contribution in [2.45, 2.75) is 36.4 Å². The molecule has 1 saturated carbocycles. The van der Waals surface area contributed by atoms with Crippen LogP contribution >= 0.6 is 23.2 Å². The van der Waals surface area contributed by atoms with Crippen LogP contribution < -0.4 is 0 Å². The van der Waals surface area contributed by atoms with Gasteiger partial charge in [0.05, 0.1) is 5.41 Å². The van der Waals surface area contributed by atoms with Crippen molar-refractivity contribution in [1.82, 2.24) is 20.1 Å². The fraction of sp³-hybridized carbons (Fsp3) is 0.500. The Morgan fingerprint density at radius 2 is 1.88 bits per heavy atom. The number of nitrogens with one attached hydrogen (secondary N) is 1. The first-order valence-corrected chi connectivity index (χ1v) is 9.31. The molecular weight excluding hydrogens is 359 g/mol. The number of carbonyl (C=O) groups is 1. The Hall–Kier alpha value is -1.59. The second kappa shape index (κ2) is 5.99. The molecule has 0 spiro atoms. The number of hydrogen-bond acceptors (Lipinski definition) is 3. The third kappa shape index (κ3) is 2.93. The first-order valence-electron chi connectivity index (χ1n) is 8.56. The lowest BCUT2D eigenvalue weighted by molar-refractivity contribution is -0.137. The molecule has 25 heavy (non-hydrogen) atoms. The fourth-order valence-corrected chi connectivity index (χ4v) is 4.21. The van der Waals surface area contributed by atoms with E-state index in [1.165, 1.54) is 0 Å². The van der Waals surface area contributed by atoms with Crippen molar-refractivity contribution in [3.8, 4) is 11.4 Å². The molecule has 1 atom stereocenters. The topological polar surface area (TPSA) is 61.9 Å². The van der Waals surface area contributed by atoms with Crippen LogP contribution in [0.4, 0.5) is 0 Å². The number of nitrogens with zero attached hydrogens (tertiary/aromatic N) is 3. The lowest BCUT2D eigenvalue weighted by Gasteiger charge is -2.33. The Labute approximate surface area is 156 Å². The number of aromatic nitrogens is 3. The van der Waals surface area contributed by atoms with Crippen LogP contribution in [-0.2, 0) is 4.79 Å². The van der Waals surface area contributed by atoms with E-state index in [0.29, 0.717) is 25.3 Å². The summed E-state index contributed by atoms with van der Waals surface area (Å²) >= 11 is 12.3. The van der Waals surface area contributed by atoms with Gasteiger partial charge in [-0.05, 0) is 26.2 Å². The van der Waals surface area contributed by atoms with Gasteiger partial charge in [-0.15, -0.1) is 23.2 Å². The van der Waals surface area contributed by atoms with Gasteiger partial charge < -0.3 is 4.90 Å². The average molecular weight is 379 g/mol. The van der Waals surface area contributed by atoms with Crippen LogP contribution in [0.5, 0.6) is 0 Å². The number of rotatable bonds is 3. The molecule has 1 N–H and O–H groups in total. The molecule has 7 heteroatoms. The van der Waals surface area contributed by atoms with Gasteiger partial charge >= 0.3 is 0 Å². The first kappa shape index (κ1) is 16.9. The fourth-order valence-electron chi connectivity index (χ4n) is 3.51. The molecule has 5 nitrogen and oxygen atoms in total. The van der Waals surface area contributed by atoms with E-state index in [4.69, 9.17) is 23.2 Å². The van der Waals surface area contributed by atoms with Gasteiger partial charge in [0.25, 0.3) is 0 Å². The van der Waals surface area contributed by atoms with Gasteiger partial charge in [-0.2, -0.15) is 5.10 Å². The predicted molar refractivity (Wildman–Crippen MR) is 97.5 cm³/mol. The highest BCUT2D eigenvalue weighted by Crippen LogP contribution is 2.64. The lowest BCUT2D eigenvalue weighted by Crippen LogP contribution is -2.43. The van der Waals surface area contributed by atoms with Crippen molar-refractivity contribution in [3.63, 3.8) is 0 Å². The van der Waals surface area contributed by atoms with Crippen LogP contribution in [0.2, 0.25) is 0 Å². The molecule has 1 aromatic carbocycles. The van der Waals surface area contributed by atoms with Crippen molar-refractivity contribution in [1.29, 1.82) is 0 Å². The molecule has 1 aliphatic heterocycles. The molecule has 1 aliphatic carbocycles. The van der Waals surface area contributed by atoms with Crippen molar-refractivity contribution in [2.75, 3.05) is 13.1 Å². The number of aromatic amines is 1. The zero-order valence-corrected chi connectivity index (χ0v) is 15.5. The average Bonchev–Trinajstić information content (AvgIpc) is 2.99. The van der Waals surface area contributed by atoms with Crippen molar-refractivity contribution < 1.29 is 4.79 Å². The van der Waals surface area contributed by atoms with Gasteiger partial charge in [0.15, 0.2) is 5.82 Å². The maximum Gasteiger partial charge on any atom is 0.231 e.